The van der Waals surface area contributed by atoms with E-state index in [0.717, 1.165) is 20.9 Å². The lowest BCUT2D eigenvalue weighted by molar-refractivity contribution is -0.145. The number of hydrogen-bond donors (Lipinski definition) is 1. The molecule has 0 saturated carbocycles. The maximum absolute atomic E-state index is 11.7. The highest BCUT2D eigenvalue weighted by Crippen LogP contribution is 2.31. The predicted octanol–water partition coefficient (Wildman–Crippen LogP) is 5.22. The number of rotatable bonds is 7. The van der Waals surface area contributed by atoms with Crippen LogP contribution in [0.3, 0.4) is 0 Å². The van der Waals surface area contributed by atoms with Crippen molar-refractivity contribution < 1.29 is 14.6 Å². The van der Waals surface area contributed by atoms with Crippen LogP contribution in [0.4, 0.5) is 0 Å². The smallest absolute Gasteiger partial charge is 0.345 e. The molecule has 26 heavy (non-hydrogen) atoms. The Morgan fingerprint density at radius 3 is 2.46 bits per heavy atom. The Morgan fingerprint density at radius 2 is 1.73 bits per heavy atom. The highest BCUT2D eigenvalue weighted by Gasteiger charge is 2.21. The van der Waals surface area contributed by atoms with Crippen LogP contribution in [0.2, 0.25) is 0 Å². The van der Waals surface area contributed by atoms with Gasteiger partial charge in [-0.05, 0) is 48.4 Å². The topological polar surface area (TPSA) is 46.5 Å². The Labute approximate surface area is 157 Å². The van der Waals surface area contributed by atoms with E-state index < -0.39 is 12.1 Å². The van der Waals surface area contributed by atoms with E-state index >= 15 is 0 Å². The second-order valence-corrected chi connectivity index (χ2v) is 7.10. The van der Waals surface area contributed by atoms with E-state index in [1.165, 1.54) is 0 Å². The monoisotopic (exact) mass is 364 g/mol. The normalized spacial score (nSPS) is 11.7. The first kappa shape index (κ1) is 18.1. The van der Waals surface area contributed by atoms with Crippen molar-refractivity contribution in [2.75, 3.05) is 0 Å². The molecular weight excluding hydrogens is 344 g/mol. The Hall–Kier alpha value is -2.72. The van der Waals surface area contributed by atoms with Crippen LogP contribution < -0.4 is 4.74 Å². The molecule has 0 radical (unpaired) electrons. The van der Waals surface area contributed by atoms with E-state index in [-0.39, 0.29) is 0 Å². The highest BCUT2D eigenvalue weighted by atomic mass is 32.2. The van der Waals surface area contributed by atoms with Gasteiger partial charge in [0.1, 0.15) is 5.75 Å². The van der Waals surface area contributed by atoms with E-state index in [0.29, 0.717) is 12.2 Å². The van der Waals surface area contributed by atoms with Gasteiger partial charge in [-0.2, -0.15) is 0 Å². The fourth-order valence-corrected chi connectivity index (χ4v) is 3.60. The van der Waals surface area contributed by atoms with Crippen LogP contribution in [-0.4, -0.2) is 17.2 Å². The van der Waals surface area contributed by atoms with E-state index in [9.17, 15) is 9.90 Å². The van der Waals surface area contributed by atoms with Gasteiger partial charge < -0.3 is 9.84 Å². The molecule has 0 aliphatic heterocycles. The number of benzene rings is 3. The molecule has 1 atom stereocenters. The van der Waals surface area contributed by atoms with Crippen LogP contribution in [0, 0.1) is 6.92 Å². The average Bonchev–Trinajstić information content (AvgIpc) is 2.63. The van der Waals surface area contributed by atoms with Gasteiger partial charge in [0.2, 0.25) is 0 Å². The van der Waals surface area contributed by atoms with E-state index in [1.54, 1.807) is 17.8 Å². The van der Waals surface area contributed by atoms with Crippen molar-refractivity contribution in [2.45, 2.75) is 29.2 Å². The van der Waals surface area contributed by atoms with Crippen molar-refractivity contribution in [3.05, 3.63) is 90.0 Å². The SMILES string of the molecule is Cc1cccc(OC(Cc2ccccc2Sc2ccccc2)C(=O)O)c1. The molecule has 4 heteroatoms. The van der Waals surface area contributed by atoms with Crippen molar-refractivity contribution >= 4 is 17.7 Å². The molecule has 3 aromatic rings. The van der Waals surface area contributed by atoms with E-state index in [1.807, 2.05) is 79.7 Å². The van der Waals surface area contributed by atoms with Gasteiger partial charge in [-0.25, -0.2) is 4.79 Å². The number of carboxylic acids is 1. The summed E-state index contributed by atoms with van der Waals surface area (Å²) in [7, 11) is 0. The molecule has 0 aromatic heterocycles. The summed E-state index contributed by atoms with van der Waals surface area (Å²) in [5, 5.41) is 9.61. The molecule has 3 aromatic carbocycles. The van der Waals surface area contributed by atoms with E-state index in [2.05, 4.69) is 0 Å². The van der Waals surface area contributed by atoms with Crippen molar-refractivity contribution in [3.63, 3.8) is 0 Å². The zero-order valence-electron chi connectivity index (χ0n) is 14.5. The summed E-state index contributed by atoms with van der Waals surface area (Å²) >= 11 is 1.63. The molecule has 0 aliphatic rings. The van der Waals surface area contributed by atoms with Gasteiger partial charge in [0.15, 0.2) is 6.10 Å². The molecule has 1 N–H and O–H groups in total. The van der Waals surface area contributed by atoms with Crippen molar-refractivity contribution in [1.82, 2.24) is 0 Å². The molecule has 0 fully saturated rings. The highest BCUT2D eigenvalue weighted by molar-refractivity contribution is 7.99. The largest absolute Gasteiger partial charge is 0.478 e. The minimum absolute atomic E-state index is 0.305. The molecule has 0 spiro atoms. The first-order valence-corrected chi connectivity index (χ1v) is 9.20. The number of carbonyl (C=O) groups is 1. The number of ether oxygens (including phenoxy) is 1. The third kappa shape index (κ3) is 4.90. The number of hydrogen-bond acceptors (Lipinski definition) is 3. The van der Waals surface area contributed by atoms with Gasteiger partial charge in [-0.1, -0.05) is 60.3 Å². The van der Waals surface area contributed by atoms with Crippen LogP contribution in [-0.2, 0) is 11.2 Å². The minimum Gasteiger partial charge on any atom is -0.478 e. The summed E-state index contributed by atoms with van der Waals surface area (Å²) in [6.07, 6.45) is -0.631. The van der Waals surface area contributed by atoms with Gasteiger partial charge in [0.05, 0.1) is 0 Å². The fourth-order valence-electron chi connectivity index (χ4n) is 2.62. The van der Waals surface area contributed by atoms with Gasteiger partial charge >= 0.3 is 5.97 Å². The van der Waals surface area contributed by atoms with Crippen LogP contribution >= 0.6 is 11.8 Å². The number of aliphatic carboxylic acids is 1. The van der Waals surface area contributed by atoms with Crippen LogP contribution in [0.5, 0.6) is 5.75 Å². The second kappa shape index (κ2) is 8.59. The lowest BCUT2D eigenvalue weighted by atomic mass is 10.1. The molecule has 3 rings (SSSR count). The maximum Gasteiger partial charge on any atom is 0.345 e. The molecular formula is C22H20O3S. The maximum atomic E-state index is 11.7. The van der Waals surface area contributed by atoms with Crippen molar-refractivity contribution in [3.8, 4) is 5.75 Å². The molecule has 0 bridgehead atoms. The molecule has 0 saturated heterocycles. The Morgan fingerprint density at radius 1 is 1.00 bits per heavy atom. The number of carboxylic acid groups (broad SMARTS) is 1. The van der Waals surface area contributed by atoms with Crippen molar-refractivity contribution in [1.29, 1.82) is 0 Å². The molecule has 3 nitrogen and oxygen atoms in total. The predicted molar refractivity (Wildman–Crippen MR) is 104 cm³/mol. The number of aryl methyl sites for hydroxylation is 1. The van der Waals surface area contributed by atoms with Crippen LogP contribution in [0.25, 0.3) is 0 Å². The van der Waals surface area contributed by atoms with Gasteiger partial charge in [0, 0.05) is 16.2 Å². The fraction of sp³-hybridized carbons (Fsp3) is 0.136. The first-order valence-electron chi connectivity index (χ1n) is 8.39. The summed E-state index contributed by atoms with van der Waals surface area (Å²) in [4.78, 5) is 13.9. The molecule has 0 aliphatic carbocycles. The van der Waals surface area contributed by atoms with Gasteiger partial charge in [-0.3, -0.25) is 0 Å². The molecule has 1 unspecified atom stereocenters. The molecule has 0 heterocycles. The minimum atomic E-state index is -0.967. The zero-order valence-corrected chi connectivity index (χ0v) is 15.3. The average molecular weight is 364 g/mol. The first-order chi connectivity index (χ1) is 12.6. The standard InChI is InChI=1S/C22H20O3S/c1-16-8-7-10-18(14-16)25-20(22(23)24)15-17-9-5-6-13-21(17)26-19-11-3-2-4-12-19/h2-14,20H,15H2,1H3,(H,23,24). The summed E-state index contributed by atoms with van der Waals surface area (Å²) in [5.74, 6) is -0.392. The van der Waals surface area contributed by atoms with Gasteiger partial charge in [0.25, 0.3) is 0 Å². The van der Waals surface area contributed by atoms with Gasteiger partial charge in [-0.15, -0.1) is 0 Å². The lowest BCUT2D eigenvalue weighted by Gasteiger charge is -2.17. The Kier molecular flexibility index (Phi) is 5.97. The Balaban J connectivity index is 1.80. The molecule has 0 amide bonds. The summed E-state index contributed by atoms with van der Waals surface area (Å²) < 4.78 is 5.76. The van der Waals surface area contributed by atoms with E-state index in [4.69, 9.17) is 4.74 Å². The zero-order chi connectivity index (χ0) is 18.4. The van der Waals surface area contributed by atoms with Crippen LogP contribution in [0.15, 0.2) is 88.7 Å². The summed E-state index contributed by atoms with van der Waals surface area (Å²) in [6.45, 7) is 1.95. The van der Waals surface area contributed by atoms with Crippen LogP contribution in [0.1, 0.15) is 11.1 Å². The second-order valence-electron chi connectivity index (χ2n) is 5.99. The third-order valence-electron chi connectivity index (χ3n) is 3.89. The summed E-state index contributed by atoms with van der Waals surface area (Å²) in [5.41, 5.74) is 1.99. The molecule has 132 valence electrons. The lowest BCUT2D eigenvalue weighted by Crippen LogP contribution is -2.29. The Bertz CT molecular complexity index is 877. The van der Waals surface area contributed by atoms with Crippen molar-refractivity contribution in [2.24, 2.45) is 0 Å². The third-order valence-corrected chi connectivity index (χ3v) is 5.02. The quantitative estimate of drug-likeness (QED) is 0.624. The summed E-state index contributed by atoms with van der Waals surface area (Å²) in [6, 6.07) is 25.4.